The van der Waals surface area contributed by atoms with Crippen LogP contribution in [0.5, 0.6) is 5.88 Å². The second-order valence-electron chi connectivity index (χ2n) is 4.87. The van der Waals surface area contributed by atoms with Crippen LogP contribution in [-0.2, 0) is 14.1 Å². The normalized spacial score (nSPS) is 17.1. The molecule has 0 fully saturated rings. The molecule has 1 N–H and O–H groups in total. The standard InChI is InChI=1S/C14H13N3O5/c1-15-10(18)9-11(19)17(8-6-4-3-5-7-8)14(21)22-12(9)16(2)13(15)20/h3-7,11,19H,1-2H3. The molecule has 1 aliphatic heterocycles. The minimum Gasteiger partial charge on any atom is -0.392 e. The van der Waals surface area contributed by atoms with Gasteiger partial charge in [0.15, 0.2) is 6.23 Å². The van der Waals surface area contributed by atoms with Crippen LogP contribution < -0.4 is 20.9 Å². The van der Waals surface area contributed by atoms with Crippen LogP contribution in [0.4, 0.5) is 10.5 Å². The van der Waals surface area contributed by atoms with Crippen LogP contribution in [0, 0.1) is 0 Å². The summed E-state index contributed by atoms with van der Waals surface area (Å²) in [5, 5.41) is 10.5. The zero-order chi connectivity index (χ0) is 16.0. The number of benzene rings is 1. The lowest BCUT2D eigenvalue weighted by Gasteiger charge is -2.32. The maximum atomic E-state index is 12.3. The summed E-state index contributed by atoms with van der Waals surface area (Å²) < 4.78 is 6.96. The molecule has 1 unspecified atom stereocenters. The highest BCUT2D eigenvalue weighted by Crippen LogP contribution is 2.33. The number of hydrogen-bond donors (Lipinski definition) is 1. The monoisotopic (exact) mass is 303 g/mol. The van der Waals surface area contributed by atoms with E-state index in [-0.39, 0.29) is 11.4 Å². The number of carbonyl (C=O) groups is 1. The van der Waals surface area contributed by atoms with Gasteiger partial charge < -0.3 is 9.84 Å². The summed E-state index contributed by atoms with van der Waals surface area (Å²) in [5.74, 6) is -0.238. The Labute approximate surface area is 124 Å². The molecule has 22 heavy (non-hydrogen) atoms. The Kier molecular flexibility index (Phi) is 3.10. The molecule has 1 atom stereocenters. The average Bonchev–Trinajstić information content (AvgIpc) is 2.51. The predicted octanol–water partition coefficient (Wildman–Crippen LogP) is 0.0939. The summed E-state index contributed by atoms with van der Waals surface area (Å²) in [5.41, 5.74) is -1.13. The Hall–Kier alpha value is -2.87. The van der Waals surface area contributed by atoms with Gasteiger partial charge in [-0.2, -0.15) is 0 Å². The third-order valence-corrected chi connectivity index (χ3v) is 3.56. The lowest BCUT2D eigenvalue weighted by atomic mass is 10.2. The highest BCUT2D eigenvalue weighted by atomic mass is 16.6. The fourth-order valence-electron chi connectivity index (χ4n) is 2.39. The van der Waals surface area contributed by atoms with Gasteiger partial charge in [-0.05, 0) is 12.1 Å². The van der Waals surface area contributed by atoms with Crippen LogP contribution in [0.15, 0.2) is 39.9 Å². The number of ether oxygens (including phenoxy) is 1. The summed E-state index contributed by atoms with van der Waals surface area (Å²) in [6.45, 7) is 0. The van der Waals surface area contributed by atoms with E-state index in [1.807, 2.05) is 0 Å². The fraction of sp³-hybridized carbons (Fsp3) is 0.214. The molecule has 1 aliphatic rings. The van der Waals surface area contributed by atoms with E-state index in [2.05, 4.69) is 0 Å². The zero-order valence-electron chi connectivity index (χ0n) is 11.9. The van der Waals surface area contributed by atoms with Crippen molar-refractivity contribution >= 4 is 11.8 Å². The van der Waals surface area contributed by atoms with Crippen LogP contribution in [0.2, 0.25) is 0 Å². The molecule has 8 heteroatoms. The predicted molar refractivity (Wildman–Crippen MR) is 76.8 cm³/mol. The molecule has 8 nitrogen and oxygen atoms in total. The summed E-state index contributed by atoms with van der Waals surface area (Å²) in [7, 11) is 2.65. The number of nitrogens with zero attached hydrogens (tertiary/aromatic N) is 3. The molecule has 2 heterocycles. The van der Waals surface area contributed by atoms with Gasteiger partial charge in [-0.25, -0.2) is 14.5 Å². The molecule has 2 aromatic rings. The number of anilines is 1. The highest BCUT2D eigenvalue weighted by Gasteiger charge is 2.38. The first-order chi connectivity index (χ1) is 10.4. The van der Waals surface area contributed by atoms with E-state index in [0.717, 1.165) is 14.0 Å². The molecular weight excluding hydrogens is 290 g/mol. The zero-order valence-corrected chi connectivity index (χ0v) is 11.9. The van der Waals surface area contributed by atoms with Crippen LogP contribution in [0.25, 0.3) is 0 Å². The van der Waals surface area contributed by atoms with Gasteiger partial charge in [0.05, 0.1) is 5.69 Å². The lowest BCUT2D eigenvalue weighted by Crippen LogP contribution is -2.49. The van der Waals surface area contributed by atoms with Crippen LogP contribution in [0.3, 0.4) is 0 Å². The first kappa shape index (κ1) is 14.1. The van der Waals surface area contributed by atoms with E-state index >= 15 is 0 Å². The number of rotatable bonds is 1. The molecule has 1 amide bonds. The van der Waals surface area contributed by atoms with Crippen molar-refractivity contribution in [2.24, 2.45) is 14.1 Å². The van der Waals surface area contributed by atoms with Gasteiger partial charge in [0, 0.05) is 14.1 Å². The highest BCUT2D eigenvalue weighted by molar-refractivity contribution is 5.91. The summed E-state index contributed by atoms with van der Waals surface area (Å²) in [6, 6.07) is 8.32. The van der Waals surface area contributed by atoms with Gasteiger partial charge in [0.1, 0.15) is 5.56 Å². The maximum absolute atomic E-state index is 12.3. The summed E-state index contributed by atoms with van der Waals surface area (Å²) in [4.78, 5) is 37.2. The number of aliphatic hydroxyl groups is 1. The summed E-state index contributed by atoms with van der Waals surface area (Å²) in [6.07, 6.45) is -2.40. The number of amides is 1. The van der Waals surface area contributed by atoms with Gasteiger partial charge >= 0.3 is 11.8 Å². The van der Waals surface area contributed by atoms with E-state index in [4.69, 9.17) is 4.74 Å². The van der Waals surface area contributed by atoms with E-state index in [9.17, 15) is 19.5 Å². The molecule has 0 bridgehead atoms. The van der Waals surface area contributed by atoms with Crippen molar-refractivity contribution in [3.8, 4) is 5.88 Å². The van der Waals surface area contributed by atoms with Gasteiger partial charge in [-0.1, -0.05) is 18.2 Å². The number of aliphatic hydroxyl groups excluding tert-OH is 1. The van der Waals surface area contributed by atoms with E-state index < -0.39 is 23.6 Å². The van der Waals surface area contributed by atoms with Crippen molar-refractivity contribution < 1.29 is 14.6 Å². The maximum Gasteiger partial charge on any atom is 0.423 e. The van der Waals surface area contributed by atoms with E-state index in [1.165, 1.54) is 14.1 Å². The lowest BCUT2D eigenvalue weighted by molar-refractivity contribution is 0.128. The molecule has 1 aromatic carbocycles. The van der Waals surface area contributed by atoms with Crippen molar-refractivity contribution in [2.45, 2.75) is 6.23 Å². The second kappa shape index (κ2) is 4.85. The van der Waals surface area contributed by atoms with Gasteiger partial charge in [0.2, 0.25) is 5.88 Å². The molecule has 0 saturated heterocycles. The van der Waals surface area contributed by atoms with E-state index in [0.29, 0.717) is 5.69 Å². The number of carbonyl (C=O) groups excluding carboxylic acids is 1. The minimum absolute atomic E-state index is 0.159. The van der Waals surface area contributed by atoms with Crippen molar-refractivity contribution in [1.29, 1.82) is 0 Å². The minimum atomic E-state index is -1.54. The summed E-state index contributed by atoms with van der Waals surface area (Å²) >= 11 is 0. The Balaban J connectivity index is 2.25. The third-order valence-electron chi connectivity index (χ3n) is 3.56. The molecule has 0 saturated carbocycles. The molecule has 0 aliphatic carbocycles. The van der Waals surface area contributed by atoms with Crippen LogP contribution in [0.1, 0.15) is 11.8 Å². The van der Waals surface area contributed by atoms with Gasteiger partial charge in [-0.15, -0.1) is 0 Å². The molecule has 1 aromatic heterocycles. The first-order valence-electron chi connectivity index (χ1n) is 6.47. The average molecular weight is 303 g/mol. The number of aromatic nitrogens is 2. The molecule has 0 radical (unpaired) electrons. The van der Waals surface area contributed by atoms with Crippen LogP contribution >= 0.6 is 0 Å². The number of hydrogen-bond acceptors (Lipinski definition) is 5. The van der Waals surface area contributed by atoms with Crippen molar-refractivity contribution in [3.05, 3.63) is 56.7 Å². The van der Waals surface area contributed by atoms with Crippen molar-refractivity contribution in [3.63, 3.8) is 0 Å². The smallest absolute Gasteiger partial charge is 0.392 e. The Morgan fingerprint density at radius 1 is 1.05 bits per heavy atom. The molecule has 3 rings (SSSR count). The Bertz CT molecular complexity index is 869. The fourth-order valence-corrected chi connectivity index (χ4v) is 2.39. The molecular formula is C14H13N3O5. The topological polar surface area (TPSA) is 93.8 Å². The number of fused-ring (bicyclic) bond motifs is 1. The number of para-hydroxylation sites is 1. The third kappa shape index (κ3) is 1.85. The molecule has 0 spiro atoms. The quantitative estimate of drug-likeness (QED) is 0.806. The Morgan fingerprint density at radius 3 is 2.32 bits per heavy atom. The van der Waals surface area contributed by atoms with Crippen molar-refractivity contribution in [2.75, 3.05) is 4.90 Å². The van der Waals surface area contributed by atoms with Gasteiger partial charge in [0.25, 0.3) is 5.56 Å². The second-order valence-corrected chi connectivity index (χ2v) is 4.87. The van der Waals surface area contributed by atoms with Crippen LogP contribution in [-0.4, -0.2) is 20.3 Å². The van der Waals surface area contributed by atoms with Crippen molar-refractivity contribution in [1.82, 2.24) is 9.13 Å². The van der Waals surface area contributed by atoms with Gasteiger partial charge in [-0.3, -0.25) is 13.9 Å². The first-order valence-corrected chi connectivity index (χ1v) is 6.47. The van der Waals surface area contributed by atoms with E-state index in [1.54, 1.807) is 30.3 Å². The Morgan fingerprint density at radius 2 is 1.68 bits per heavy atom. The largest absolute Gasteiger partial charge is 0.423 e. The molecule has 114 valence electrons. The SMILES string of the molecule is Cn1c2c(c(=O)n(C)c1=O)C(O)N(c1ccccc1)C(=O)O2.